The molecule has 0 radical (unpaired) electrons. The fourth-order valence-corrected chi connectivity index (χ4v) is 1.33. The van der Waals surface area contributed by atoms with Gasteiger partial charge in [-0.3, -0.25) is 4.98 Å². The molecule has 5 heteroatoms. The van der Waals surface area contributed by atoms with Crippen LogP contribution in [0, 0.1) is 6.92 Å². The Labute approximate surface area is 87.4 Å². The standard InChI is InChI=1S/C10H12N4O/c1-7-10(15-6-13-7)9-5-12-4-8(14-9)2-3-11/h4-6H,2-3,11H2,1H3. The van der Waals surface area contributed by atoms with Crippen LogP contribution in [0.15, 0.2) is 23.2 Å². The van der Waals surface area contributed by atoms with Crippen molar-refractivity contribution in [3.8, 4) is 11.5 Å². The van der Waals surface area contributed by atoms with Crippen LogP contribution in [0.5, 0.6) is 0 Å². The van der Waals surface area contributed by atoms with Gasteiger partial charge in [-0.05, 0) is 13.5 Å². The van der Waals surface area contributed by atoms with E-state index in [1.54, 1.807) is 12.4 Å². The van der Waals surface area contributed by atoms with Crippen molar-refractivity contribution in [3.63, 3.8) is 0 Å². The lowest BCUT2D eigenvalue weighted by molar-refractivity contribution is 0.568. The molecule has 0 spiro atoms. The van der Waals surface area contributed by atoms with Gasteiger partial charge < -0.3 is 10.2 Å². The second-order valence-electron chi connectivity index (χ2n) is 3.20. The number of hydrogen-bond acceptors (Lipinski definition) is 5. The molecule has 15 heavy (non-hydrogen) atoms. The zero-order valence-corrected chi connectivity index (χ0v) is 8.47. The van der Waals surface area contributed by atoms with E-state index in [9.17, 15) is 0 Å². The molecule has 0 saturated heterocycles. The molecular formula is C10H12N4O. The van der Waals surface area contributed by atoms with Gasteiger partial charge in [-0.1, -0.05) is 0 Å². The molecule has 0 atom stereocenters. The van der Waals surface area contributed by atoms with Gasteiger partial charge in [0.05, 0.1) is 17.6 Å². The summed E-state index contributed by atoms with van der Waals surface area (Å²) in [6, 6.07) is 0. The Morgan fingerprint density at radius 1 is 1.40 bits per heavy atom. The van der Waals surface area contributed by atoms with Crippen molar-refractivity contribution in [1.29, 1.82) is 0 Å². The van der Waals surface area contributed by atoms with E-state index in [1.165, 1.54) is 6.39 Å². The number of oxazole rings is 1. The Bertz CT molecular complexity index is 452. The SMILES string of the molecule is Cc1ncoc1-c1cncc(CCN)n1. The molecule has 0 unspecified atom stereocenters. The van der Waals surface area contributed by atoms with Crippen molar-refractivity contribution in [2.24, 2.45) is 5.73 Å². The van der Waals surface area contributed by atoms with Gasteiger partial charge in [-0.25, -0.2) is 9.97 Å². The number of aryl methyl sites for hydroxylation is 1. The van der Waals surface area contributed by atoms with Crippen LogP contribution < -0.4 is 5.73 Å². The number of aromatic nitrogens is 3. The van der Waals surface area contributed by atoms with Crippen molar-refractivity contribution < 1.29 is 4.42 Å². The quantitative estimate of drug-likeness (QED) is 0.805. The van der Waals surface area contributed by atoms with E-state index < -0.39 is 0 Å². The van der Waals surface area contributed by atoms with Crippen LogP contribution in [0.4, 0.5) is 0 Å². The van der Waals surface area contributed by atoms with Gasteiger partial charge in [-0.2, -0.15) is 0 Å². The van der Waals surface area contributed by atoms with E-state index in [2.05, 4.69) is 15.0 Å². The molecule has 0 aliphatic carbocycles. The Kier molecular flexibility index (Phi) is 2.73. The predicted molar refractivity (Wildman–Crippen MR) is 55.0 cm³/mol. The van der Waals surface area contributed by atoms with Crippen LogP contribution in [0.25, 0.3) is 11.5 Å². The maximum absolute atomic E-state index is 5.46. The molecule has 2 heterocycles. The molecule has 2 N–H and O–H groups in total. The maximum Gasteiger partial charge on any atom is 0.181 e. The minimum atomic E-state index is 0.563. The number of hydrogen-bond donors (Lipinski definition) is 1. The van der Waals surface area contributed by atoms with Gasteiger partial charge in [0.25, 0.3) is 0 Å². The highest BCUT2D eigenvalue weighted by molar-refractivity contribution is 5.52. The first-order valence-electron chi connectivity index (χ1n) is 4.72. The van der Waals surface area contributed by atoms with Crippen LogP contribution in [-0.2, 0) is 6.42 Å². The minimum absolute atomic E-state index is 0.563. The first kappa shape index (κ1) is 9.79. The Hall–Kier alpha value is -1.75. The van der Waals surface area contributed by atoms with E-state index in [0.29, 0.717) is 24.4 Å². The summed E-state index contributed by atoms with van der Waals surface area (Å²) >= 11 is 0. The summed E-state index contributed by atoms with van der Waals surface area (Å²) in [6.45, 7) is 2.43. The largest absolute Gasteiger partial charge is 0.442 e. The Morgan fingerprint density at radius 3 is 2.93 bits per heavy atom. The lowest BCUT2D eigenvalue weighted by Crippen LogP contribution is -2.05. The van der Waals surface area contributed by atoms with Gasteiger partial charge in [0.1, 0.15) is 5.69 Å². The van der Waals surface area contributed by atoms with E-state index in [4.69, 9.17) is 10.2 Å². The van der Waals surface area contributed by atoms with Gasteiger partial charge in [0.2, 0.25) is 0 Å². The summed E-state index contributed by atoms with van der Waals surface area (Å²) in [6.07, 6.45) is 5.49. The molecule has 0 bridgehead atoms. The Balaban J connectivity index is 2.37. The average Bonchev–Trinajstić information content (AvgIpc) is 2.65. The molecule has 78 valence electrons. The van der Waals surface area contributed by atoms with Crippen LogP contribution in [0.1, 0.15) is 11.4 Å². The van der Waals surface area contributed by atoms with Gasteiger partial charge in [0.15, 0.2) is 12.2 Å². The molecular weight excluding hydrogens is 192 g/mol. The van der Waals surface area contributed by atoms with Crippen molar-refractivity contribution in [1.82, 2.24) is 15.0 Å². The van der Waals surface area contributed by atoms with E-state index in [1.807, 2.05) is 6.92 Å². The highest BCUT2D eigenvalue weighted by Gasteiger charge is 2.09. The summed E-state index contributed by atoms with van der Waals surface area (Å²) in [5, 5.41) is 0. The number of nitrogens with two attached hydrogens (primary N) is 1. The van der Waals surface area contributed by atoms with Crippen LogP contribution in [0.3, 0.4) is 0 Å². The lowest BCUT2D eigenvalue weighted by Gasteiger charge is -2.00. The summed E-state index contributed by atoms with van der Waals surface area (Å²) in [5.74, 6) is 0.668. The van der Waals surface area contributed by atoms with E-state index >= 15 is 0 Å². The van der Waals surface area contributed by atoms with Gasteiger partial charge in [-0.15, -0.1) is 0 Å². The van der Waals surface area contributed by atoms with Gasteiger partial charge >= 0.3 is 0 Å². The molecule has 5 nitrogen and oxygen atoms in total. The van der Waals surface area contributed by atoms with Crippen LogP contribution in [0.2, 0.25) is 0 Å². The van der Waals surface area contributed by atoms with E-state index in [0.717, 1.165) is 11.4 Å². The third kappa shape index (κ3) is 2.02. The highest BCUT2D eigenvalue weighted by Crippen LogP contribution is 2.19. The summed E-state index contributed by atoms with van der Waals surface area (Å²) < 4.78 is 5.24. The normalized spacial score (nSPS) is 10.5. The van der Waals surface area contributed by atoms with E-state index in [-0.39, 0.29) is 0 Å². The summed E-state index contributed by atoms with van der Waals surface area (Å²) in [4.78, 5) is 12.5. The minimum Gasteiger partial charge on any atom is -0.442 e. The highest BCUT2D eigenvalue weighted by atomic mass is 16.3. The lowest BCUT2D eigenvalue weighted by atomic mass is 10.2. The van der Waals surface area contributed by atoms with Crippen LogP contribution in [-0.4, -0.2) is 21.5 Å². The first-order chi connectivity index (χ1) is 7.31. The summed E-state index contributed by atoms with van der Waals surface area (Å²) in [7, 11) is 0. The zero-order valence-electron chi connectivity index (χ0n) is 8.47. The second kappa shape index (κ2) is 4.18. The number of nitrogens with zero attached hydrogens (tertiary/aromatic N) is 3. The smallest absolute Gasteiger partial charge is 0.181 e. The topological polar surface area (TPSA) is 77.8 Å². The first-order valence-corrected chi connectivity index (χ1v) is 4.72. The molecule has 2 rings (SSSR count). The molecule has 2 aromatic rings. The molecule has 2 aromatic heterocycles. The summed E-state index contributed by atoms with van der Waals surface area (Å²) in [5.41, 5.74) is 7.84. The third-order valence-electron chi connectivity index (χ3n) is 2.06. The molecule has 0 saturated carbocycles. The number of rotatable bonds is 3. The predicted octanol–water partition coefficient (Wildman–Crippen LogP) is 0.941. The van der Waals surface area contributed by atoms with Crippen molar-refractivity contribution in [2.75, 3.05) is 6.54 Å². The third-order valence-corrected chi connectivity index (χ3v) is 2.06. The molecule has 0 fully saturated rings. The monoisotopic (exact) mass is 204 g/mol. The average molecular weight is 204 g/mol. The molecule has 0 aromatic carbocycles. The second-order valence-corrected chi connectivity index (χ2v) is 3.20. The molecule has 0 amide bonds. The van der Waals surface area contributed by atoms with Crippen LogP contribution >= 0.6 is 0 Å². The Morgan fingerprint density at radius 2 is 2.27 bits per heavy atom. The zero-order chi connectivity index (χ0) is 10.7. The van der Waals surface area contributed by atoms with Crippen molar-refractivity contribution >= 4 is 0 Å². The van der Waals surface area contributed by atoms with Gasteiger partial charge in [0, 0.05) is 12.6 Å². The fraction of sp³-hybridized carbons (Fsp3) is 0.300. The van der Waals surface area contributed by atoms with Crippen molar-refractivity contribution in [2.45, 2.75) is 13.3 Å². The molecule has 0 aliphatic rings. The maximum atomic E-state index is 5.46. The molecule has 0 aliphatic heterocycles. The van der Waals surface area contributed by atoms with Crippen molar-refractivity contribution in [3.05, 3.63) is 30.2 Å². The fourth-order valence-electron chi connectivity index (χ4n) is 1.33.